The van der Waals surface area contributed by atoms with Crippen molar-refractivity contribution in [1.29, 1.82) is 0 Å². The first-order chi connectivity index (χ1) is 7.69. The molecule has 6 heteroatoms. The Balaban J connectivity index is 1.76. The molecule has 0 unspecified atom stereocenters. The molecule has 3 heterocycles. The second-order valence-electron chi connectivity index (χ2n) is 5.11. The van der Waals surface area contributed by atoms with Gasteiger partial charge in [-0.15, -0.1) is 0 Å². The second kappa shape index (κ2) is 2.77. The molecule has 6 nitrogen and oxygen atoms in total. The molecular weight excluding hydrogens is 216 g/mol. The van der Waals surface area contributed by atoms with Crippen LogP contribution in [-0.4, -0.2) is 64.8 Å². The van der Waals surface area contributed by atoms with Gasteiger partial charge in [-0.3, -0.25) is 0 Å². The van der Waals surface area contributed by atoms with Gasteiger partial charge in [0, 0.05) is 5.92 Å². The third-order valence-electron chi connectivity index (χ3n) is 4.50. The van der Waals surface area contributed by atoms with E-state index in [1.807, 2.05) is 0 Å². The van der Waals surface area contributed by atoms with Crippen molar-refractivity contribution < 1.29 is 29.5 Å². The summed E-state index contributed by atoms with van der Waals surface area (Å²) in [5.74, 6) is -0.580. The number of ether oxygens (including phenoxy) is 3. The summed E-state index contributed by atoms with van der Waals surface area (Å²) >= 11 is 0. The van der Waals surface area contributed by atoms with Gasteiger partial charge in [0.25, 0.3) is 0 Å². The SMILES string of the molecule is OC[C@]12O[C@H]1[C@H](O)[C@@H]1[C@H](O)[C@H]3CO[C@H](O3)[C@@H]12. The van der Waals surface area contributed by atoms with Gasteiger partial charge in [-0.1, -0.05) is 0 Å². The summed E-state index contributed by atoms with van der Waals surface area (Å²) < 4.78 is 16.4. The first-order valence-corrected chi connectivity index (χ1v) is 5.61. The van der Waals surface area contributed by atoms with Crippen molar-refractivity contribution >= 4 is 0 Å². The standard InChI is InChI=1S/C10H14O6/c11-2-10-5-4(7(13)8(10)16-10)6(12)3-1-14-9(5)15-3/h3-9,11-13H,1-2H2/t3-,4+,5-,6-,7-,8+,9-,10-/m1/s1. The van der Waals surface area contributed by atoms with Crippen LogP contribution in [0.5, 0.6) is 0 Å². The van der Waals surface area contributed by atoms with Crippen LogP contribution in [0.15, 0.2) is 0 Å². The molecule has 2 bridgehead atoms. The summed E-state index contributed by atoms with van der Waals surface area (Å²) in [6, 6.07) is 0. The Kier molecular flexibility index (Phi) is 1.69. The van der Waals surface area contributed by atoms with Gasteiger partial charge in [0.05, 0.1) is 31.3 Å². The number of epoxide rings is 1. The molecule has 16 heavy (non-hydrogen) atoms. The molecule has 4 rings (SSSR count). The monoisotopic (exact) mass is 230 g/mol. The highest BCUT2D eigenvalue weighted by atomic mass is 16.7. The molecule has 4 aliphatic rings. The molecule has 0 amide bonds. The molecule has 3 saturated heterocycles. The van der Waals surface area contributed by atoms with E-state index in [1.165, 1.54) is 0 Å². The first kappa shape index (κ1) is 9.76. The first-order valence-electron chi connectivity index (χ1n) is 5.61. The zero-order chi connectivity index (χ0) is 11.1. The van der Waals surface area contributed by atoms with E-state index in [0.29, 0.717) is 6.61 Å². The van der Waals surface area contributed by atoms with Crippen molar-refractivity contribution in [3.8, 4) is 0 Å². The molecule has 1 saturated carbocycles. The minimum Gasteiger partial charge on any atom is -0.393 e. The van der Waals surface area contributed by atoms with Crippen LogP contribution in [-0.2, 0) is 14.2 Å². The molecule has 3 N–H and O–H groups in total. The summed E-state index contributed by atoms with van der Waals surface area (Å²) in [5.41, 5.74) is -0.759. The van der Waals surface area contributed by atoms with Gasteiger partial charge in [0.2, 0.25) is 0 Å². The van der Waals surface area contributed by atoms with E-state index in [1.54, 1.807) is 0 Å². The van der Waals surface area contributed by atoms with E-state index >= 15 is 0 Å². The molecule has 0 aromatic carbocycles. The average molecular weight is 230 g/mol. The predicted octanol–water partition coefficient (Wildman–Crippen LogP) is -2.16. The van der Waals surface area contributed by atoms with E-state index < -0.39 is 24.1 Å². The molecular formula is C10H14O6. The lowest BCUT2D eigenvalue weighted by Gasteiger charge is -2.39. The fraction of sp³-hybridized carbons (Fsp3) is 1.00. The molecule has 0 spiro atoms. The highest BCUT2D eigenvalue weighted by molar-refractivity contribution is 5.23. The Bertz CT molecular complexity index is 335. The van der Waals surface area contributed by atoms with Gasteiger partial charge in [-0.25, -0.2) is 0 Å². The summed E-state index contributed by atoms with van der Waals surface area (Å²) in [7, 11) is 0. The van der Waals surface area contributed by atoms with Crippen LogP contribution in [0.1, 0.15) is 0 Å². The zero-order valence-electron chi connectivity index (χ0n) is 8.52. The van der Waals surface area contributed by atoms with Crippen molar-refractivity contribution in [3.05, 3.63) is 0 Å². The molecule has 4 fully saturated rings. The van der Waals surface area contributed by atoms with Gasteiger partial charge in [-0.05, 0) is 0 Å². The fourth-order valence-corrected chi connectivity index (χ4v) is 3.68. The van der Waals surface area contributed by atoms with Crippen LogP contribution in [0.2, 0.25) is 0 Å². The Labute approximate surface area is 91.7 Å². The normalized spacial score (nSPS) is 66.6. The van der Waals surface area contributed by atoms with E-state index in [0.717, 1.165) is 0 Å². The van der Waals surface area contributed by atoms with Crippen LogP contribution in [0.25, 0.3) is 0 Å². The van der Waals surface area contributed by atoms with Gasteiger partial charge in [0.15, 0.2) is 6.29 Å². The van der Waals surface area contributed by atoms with Gasteiger partial charge >= 0.3 is 0 Å². The topological polar surface area (TPSA) is 91.7 Å². The lowest BCUT2D eigenvalue weighted by Crippen LogP contribution is -2.52. The summed E-state index contributed by atoms with van der Waals surface area (Å²) in [4.78, 5) is 0. The number of hydrogen-bond acceptors (Lipinski definition) is 6. The van der Waals surface area contributed by atoms with Crippen LogP contribution in [0, 0.1) is 11.8 Å². The largest absolute Gasteiger partial charge is 0.393 e. The second-order valence-corrected chi connectivity index (χ2v) is 5.11. The van der Waals surface area contributed by atoms with Crippen LogP contribution in [0.3, 0.4) is 0 Å². The zero-order valence-corrected chi connectivity index (χ0v) is 8.52. The van der Waals surface area contributed by atoms with E-state index in [2.05, 4.69) is 0 Å². The van der Waals surface area contributed by atoms with Gasteiger partial charge < -0.3 is 29.5 Å². The number of hydrogen-bond donors (Lipinski definition) is 3. The number of aliphatic hydroxyl groups is 3. The average Bonchev–Trinajstić information content (AvgIpc) is 2.78. The Morgan fingerprint density at radius 1 is 1.25 bits per heavy atom. The van der Waals surface area contributed by atoms with E-state index in [4.69, 9.17) is 14.2 Å². The van der Waals surface area contributed by atoms with E-state index in [9.17, 15) is 15.3 Å². The maximum atomic E-state index is 10.1. The Morgan fingerprint density at radius 2 is 2.06 bits per heavy atom. The molecule has 90 valence electrons. The number of rotatable bonds is 1. The highest BCUT2D eigenvalue weighted by Crippen LogP contribution is 2.61. The molecule has 0 radical (unpaired) electrons. The number of aliphatic hydroxyl groups excluding tert-OH is 3. The Hall–Kier alpha value is -0.240. The maximum Gasteiger partial charge on any atom is 0.164 e. The maximum absolute atomic E-state index is 10.1. The fourth-order valence-electron chi connectivity index (χ4n) is 3.68. The third kappa shape index (κ3) is 0.870. The summed E-state index contributed by atoms with van der Waals surface area (Å²) in [6.07, 6.45) is -2.67. The Morgan fingerprint density at radius 3 is 2.81 bits per heavy atom. The highest BCUT2D eigenvalue weighted by Gasteiger charge is 2.78. The van der Waals surface area contributed by atoms with Gasteiger partial charge in [0.1, 0.15) is 17.8 Å². The van der Waals surface area contributed by atoms with E-state index in [-0.39, 0.29) is 30.7 Å². The van der Waals surface area contributed by atoms with Crippen LogP contribution >= 0.6 is 0 Å². The van der Waals surface area contributed by atoms with Crippen LogP contribution in [0.4, 0.5) is 0 Å². The van der Waals surface area contributed by atoms with Crippen molar-refractivity contribution in [2.75, 3.05) is 13.2 Å². The minimum absolute atomic E-state index is 0.170. The smallest absolute Gasteiger partial charge is 0.164 e. The lowest BCUT2D eigenvalue weighted by atomic mass is 9.80. The molecule has 1 aliphatic carbocycles. The molecule has 8 atom stereocenters. The third-order valence-corrected chi connectivity index (χ3v) is 4.50. The number of fused-ring (bicyclic) bond motifs is 6. The lowest BCUT2D eigenvalue weighted by molar-refractivity contribution is -0.213. The van der Waals surface area contributed by atoms with Crippen LogP contribution < -0.4 is 0 Å². The van der Waals surface area contributed by atoms with Crippen molar-refractivity contribution in [1.82, 2.24) is 0 Å². The van der Waals surface area contributed by atoms with Crippen molar-refractivity contribution in [2.24, 2.45) is 11.8 Å². The molecule has 0 aromatic heterocycles. The van der Waals surface area contributed by atoms with Gasteiger partial charge in [-0.2, -0.15) is 0 Å². The quantitative estimate of drug-likeness (QED) is 0.444. The minimum atomic E-state index is -0.759. The molecule has 3 aliphatic heterocycles. The van der Waals surface area contributed by atoms with Crippen molar-refractivity contribution in [3.63, 3.8) is 0 Å². The summed E-state index contributed by atoms with van der Waals surface area (Å²) in [5, 5.41) is 29.5. The summed E-state index contributed by atoms with van der Waals surface area (Å²) in [6.45, 7) is 0.175. The molecule has 0 aromatic rings. The van der Waals surface area contributed by atoms with Crippen molar-refractivity contribution in [2.45, 2.75) is 36.3 Å². The predicted molar refractivity (Wildman–Crippen MR) is 48.3 cm³/mol.